The largest absolute Gasteiger partial charge is 0.487 e. The Morgan fingerprint density at radius 3 is 1.70 bits per heavy atom. The highest BCUT2D eigenvalue weighted by Gasteiger charge is 2.13. The first-order valence-corrected chi connectivity index (χ1v) is 10.8. The molecular weight excluding hydrogens is 384 g/mol. The minimum absolute atomic E-state index is 0.00434. The Labute approximate surface area is 179 Å². The van der Waals surface area contributed by atoms with Gasteiger partial charge >= 0.3 is 0 Å². The molecular formula is C24H32O6. The van der Waals surface area contributed by atoms with Crippen molar-refractivity contribution < 1.29 is 28.4 Å². The number of para-hydroxylation sites is 4. The molecule has 0 unspecified atom stereocenters. The van der Waals surface area contributed by atoms with E-state index in [9.17, 15) is 0 Å². The van der Waals surface area contributed by atoms with E-state index in [4.69, 9.17) is 28.4 Å². The minimum atomic E-state index is -0.00434. The van der Waals surface area contributed by atoms with Crippen molar-refractivity contribution >= 4 is 0 Å². The SMILES string of the molecule is CCCC[C@H]1COc2ccccc2OCCOCCOc2ccccc2OCCO1. The molecule has 0 saturated carbocycles. The first-order valence-electron chi connectivity index (χ1n) is 10.8. The van der Waals surface area contributed by atoms with E-state index in [1.165, 1.54) is 0 Å². The summed E-state index contributed by atoms with van der Waals surface area (Å²) in [6, 6.07) is 15.3. The second-order valence-electron chi connectivity index (χ2n) is 7.00. The molecule has 0 radical (unpaired) electrons. The number of benzene rings is 2. The van der Waals surface area contributed by atoms with Crippen LogP contribution in [0.25, 0.3) is 0 Å². The van der Waals surface area contributed by atoms with E-state index in [-0.39, 0.29) is 6.10 Å². The van der Waals surface area contributed by atoms with Crippen molar-refractivity contribution in [1.29, 1.82) is 0 Å². The van der Waals surface area contributed by atoms with Crippen LogP contribution in [0, 0.1) is 0 Å². The molecule has 6 nitrogen and oxygen atoms in total. The zero-order valence-electron chi connectivity index (χ0n) is 17.7. The van der Waals surface area contributed by atoms with E-state index >= 15 is 0 Å². The summed E-state index contributed by atoms with van der Waals surface area (Å²) in [5, 5.41) is 0. The number of hydrogen-bond donors (Lipinski definition) is 0. The zero-order chi connectivity index (χ0) is 20.9. The Kier molecular flexibility index (Phi) is 9.63. The fourth-order valence-corrected chi connectivity index (χ4v) is 3.10. The fraction of sp³-hybridized carbons (Fsp3) is 0.500. The van der Waals surface area contributed by atoms with Gasteiger partial charge < -0.3 is 28.4 Å². The van der Waals surface area contributed by atoms with Gasteiger partial charge in [0.1, 0.15) is 26.4 Å². The molecule has 0 aromatic heterocycles. The van der Waals surface area contributed by atoms with E-state index in [1.54, 1.807) is 0 Å². The maximum atomic E-state index is 6.07. The average Bonchev–Trinajstić information content (AvgIpc) is 2.78. The molecule has 1 aliphatic rings. The van der Waals surface area contributed by atoms with Crippen LogP contribution in [-0.2, 0) is 9.47 Å². The van der Waals surface area contributed by atoms with Gasteiger partial charge in [-0.25, -0.2) is 0 Å². The van der Waals surface area contributed by atoms with Crippen molar-refractivity contribution in [2.45, 2.75) is 32.3 Å². The third-order valence-electron chi connectivity index (χ3n) is 4.67. The quantitative estimate of drug-likeness (QED) is 0.734. The molecule has 0 spiro atoms. The molecule has 0 bridgehead atoms. The van der Waals surface area contributed by atoms with Gasteiger partial charge in [0.15, 0.2) is 23.0 Å². The van der Waals surface area contributed by atoms with Crippen molar-refractivity contribution in [2.75, 3.05) is 46.2 Å². The van der Waals surface area contributed by atoms with Crippen molar-refractivity contribution in [3.05, 3.63) is 48.5 Å². The summed E-state index contributed by atoms with van der Waals surface area (Å²) in [5.41, 5.74) is 0. The summed E-state index contributed by atoms with van der Waals surface area (Å²) in [5.74, 6) is 2.85. The molecule has 164 valence electrons. The van der Waals surface area contributed by atoms with Crippen LogP contribution in [0.1, 0.15) is 26.2 Å². The third kappa shape index (κ3) is 7.43. The number of hydrogen-bond acceptors (Lipinski definition) is 6. The molecule has 3 rings (SSSR count). The smallest absolute Gasteiger partial charge is 0.161 e. The van der Waals surface area contributed by atoms with Crippen molar-refractivity contribution in [3.8, 4) is 23.0 Å². The number of fused-ring (bicyclic) bond motifs is 2. The van der Waals surface area contributed by atoms with E-state index < -0.39 is 0 Å². The molecule has 0 fully saturated rings. The molecule has 30 heavy (non-hydrogen) atoms. The number of ether oxygens (including phenoxy) is 6. The maximum absolute atomic E-state index is 6.07. The monoisotopic (exact) mass is 416 g/mol. The normalized spacial score (nSPS) is 18.8. The lowest BCUT2D eigenvalue weighted by molar-refractivity contribution is -0.000603. The van der Waals surface area contributed by atoms with Gasteiger partial charge in [-0.05, 0) is 30.7 Å². The first kappa shape index (κ1) is 22.2. The topological polar surface area (TPSA) is 55.4 Å². The number of rotatable bonds is 3. The van der Waals surface area contributed by atoms with Gasteiger partial charge in [-0.15, -0.1) is 0 Å². The van der Waals surface area contributed by atoms with Gasteiger partial charge in [-0.2, -0.15) is 0 Å². The van der Waals surface area contributed by atoms with Crippen LogP contribution in [0.2, 0.25) is 0 Å². The predicted molar refractivity (Wildman–Crippen MR) is 115 cm³/mol. The van der Waals surface area contributed by atoms with Crippen molar-refractivity contribution in [2.24, 2.45) is 0 Å². The molecule has 0 N–H and O–H groups in total. The second-order valence-corrected chi connectivity index (χ2v) is 7.00. The van der Waals surface area contributed by atoms with Crippen LogP contribution < -0.4 is 18.9 Å². The van der Waals surface area contributed by atoms with E-state index in [1.807, 2.05) is 48.5 Å². The van der Waals surface area contributed by atoms with Crippen molar-refractivity contribution in [1.82, 2.24) is 0 Å². The Bertz CT molecular complexity index is 735. The average molecular weight is 417 g/mol. The Morgan fingerprint density at radius 1 is 0.667 bits per heavy atom. The summed E-state index contributed by atoms with van der Waals surface area (Å²) < 4.78 is 35.3. The predicted octanol–water partition coefficient (Wildman–Crippen LogP) is 4.51. The first-order chi connectivity index (χ1) is 14.9. The van der Waals surface area contributed by atoms with Crippen LogP contribution in [0.3, 0.4) is 0 Å². The summed E-state index contributed by atoms with van der Waals surface area (Å²) in [4.78, 5) is 0. The number of unbranched alkanes of at least 4 members (excludes halogenated alkanes) is 1. The molecule has 0 saturated heterocycles. The van der Waals surface area contributed by atoms with Crippen LogP contribution in [0.15, 0.2) is 48.5 Å². The van der Waals surface area contributed by atoms with E-state index in [2.05, 4.69) is 6.92 Å². The summed E-state index contributed by atoms with van der Waals surface area (Å²) in [7, 11) is 0. The Morgan fingerprint density at radius 2 is 1.17 bits per heavy atom. The molecule has 6 heteroatoms. The highest BCUT2D eigenvalue weighted by Crippen LogP contribution is 2.28. The van der Waals surface area contributed by atoms with Gasteiger partial charge in [0.05, 0.1) is 25.9 Å². The highest BCUT2D eigenvalue weighted by atomic mass is 16.6. The van der Waals surface area contributed by atoms with Gasteiger partial charge in [-0.1, -0.05) is 44.0 Å². The third-order valence-corrected chi connectivity index (χ3v) is 4.67. The Balaban J connectivity index is 1.64. The molecule has 2 aromatic carbocycles. The van der Waals surface area contributed by atoms with Gasteiger partial charge in [0.2, 0.25) is 0 Å². The summed E-state index contributed by atoms with van der Waals surface area (Å²) >= 11 is 0. The second kappa shape index (κ2) is 13.0. The van der Waals surface area contributed by atoms with E-state index in [0.717, 1.165) is 25.0 Å². The molecule has 0 amide bonds. The Hall–Kier alpha value is -2.44. The molecule has 1 aliphatic heterocycles. The maximum Gasteiger partial charge on any atom is 0.161 e. The van der Waals surface area contributed by atoms with Crippen LogP contribution in [0.4, 0.5) is 0 Å². The lowest BCUT2D eigenvalue weighted by atomic mass is 10.2. The summed E-state index contributed by atoms with van der Waals surface area (Å²) in [6.45, 7) is 5.39. The minimum Gasteiger partial charge on any atom is -0.487 e. The zero-order valence-corrected chi connectivity index (χ0v) is 17.7. The lowest BCUT2D eigenvalue weighted by Crippen LogP contribution is -2.24. The molecule has 0 aliphatic carbocycles. The standard InChI is InChI=1S/C24H32O6/c1-2-3-8-20-19-30-24-12-7-6-11-23(24)28-16-14-25-13-15-27-21-9-4-5-10-22(21)29-18-17-26-20/h4-7,9-12,20H,2-3,8,13-19H2,1H3/t20-/m0/s1. The molecule has 1 atom stereocenters. The van der Waals surface area contributed by atoms with Crippen LogP contribution in [0.5, 0.6) is 23.0 Å². The van der Waals surface area contributed by atoms with Crippen LogP contribution >= 0.6 is 0 Å². The summed E-state index contributed by atoms with van der Waals surface area (Å²) in [6.07, 6.45) is 3.13. The van der Waals surface area contributed by atoms with Gasteiger partial charge in [-0.3, -0.25) is 0 Å². The molecule has 1 heterocycles. The fourth-order valence-electron chi connectivity index (χ4n) is 3.10. The van der Waals surface area contributed by atoms with E-state index in [0.29, 0.717) is 63.5 Å². The van der Waals surface area contributed by atoms with Crippen LogP contribution in [-0.4, -0.2) is 52.4 Å². The van der Waals surface area contributed by atoms with Gasteiger partial charge in [0.25, 0.3) is 0 Å². The lowest BCUT2D eigenvalue weighted by Gasteiger charge is -2.20. The van der Waals surface area contributed by atoms with Gasteiger partial charge in [0, 0.05) is 0 Å². The highest BCUT2D eigenvalue weighted by molar-refractivity contribution is 5.40. The molecule has 2 aromatic rings. The van der Waals surface area contributed by atoms with Crippen molar-refractivity contribution in [3.63, 3.8) is 0 Å².